The van der Waals surface area contributed by atoms with Crippen LogP contribution in [-0.2, 0) is 11.2 Å². The first kappa shape index (κ1) is 13.5. The monoisotopic (exact) mass is 270 g/mol. The molecule has 1 saturated heterocycles. The number of likely N-dealkylation sites (tertiary alicyclic amines) is 1. The summed E-state index contributed by atoms with van der Waals surface area (Å²) in [4.78, 5) is 17.4. The number of aliphatic hydroxyl groups is 1. The first-order valence-electron chi connectivity index (χ1n) is 5.99. The smallest absolute Gasteiger partial charge is 0.310 e. The molecular weight excluding hydrogens is 252 g/mol. The summed E-state index contributed by atoms with van der Waals surface area (Å²) in [5.74, 6) is -1.60. The van der Waals surface area contributed by atoms with Crippen molar-refractivity contribution in [3.8, 4) is 0 Å². The Balaban J connectivity index is 2.01. The molecule has 2 heterocycles. The molecule has 1 aromatic rings. The number of rotatable bonds is 3. The molecule has 0 saturated carbocycles. The number of aryl methyl sites for hydroxylation is 1. The minimum absolute atomic E-state index is 0.164. The van der Waals surface area contributed by atoms with Crippen molar-refractivity contribution in [1.82, 2.24) is 9.88 Å². The lowest BCUT2D eigenvalue weighted by Crippen LogP contribution is -2.51. The SMILES string of the molecule is Cc1nc(CC2CC(O)C(C(=O)O)CN2C)cs1. The first-order valence-corrected chi connectivity index (χ1v) is 6.87. The number of carbonyl (C=O) groups is 1. The van der Waals surface area contributed by atoms with Crippen LogP contribution in [-0.4, -0.2) is 51.8 Å². The number of aromatic nitrogens is 1. The second-order valence-corrected chi connectivity index (χ2v) is 5.97. The zero-order valence-corrected chi connectivity index (χ0v) is 11.4. The Morgan fingerprint density at radius 2 is 2.39 bits per heavy atom. The van der Waals surface area contributed by atoms with Crippen LogP contribution in [0.1, 0.15) is 17.1 Å². The number of piperidine rings is 1. The number of hydrogen-bond donors (Lipinski definition) is 2. The molecule has 0 spiro atoms. The predicted octanol–water partition coefficient (Wildman–Crippen LogP) is 0.760. The summed E-state index contributed by atoms with van der Waals surface area (Å²) in [5, 5.41) is 22.0. The number of carboxylic acids is 1. The van der Waals surface area contributed by atoms with Gasteiger partial charge >= 0.3 is 5.97 Å². The maximum Gasteiger partial charge on any atom is 0.310 e. The Morgan fingerprint density at radius 1 is 1.67 bits per heavy atom. The van der Waals surface area contributed by atoms with Crippen molar-refractivity contribution in [2.45, 2.75) is 31.9 Å². The summed E-state index contributed by atoms with van der Waals surface area (Å²) in [6.07, 6.45) is 0.498. The van der Waals surface area contributed by atoms with Gasteiger partial charge in [0.2, 0.25) is 0 Å². The maximum absolute atomic E-state index is 11.0. The Labute approximate surface area is 110 Å². The number of thiazole rings is 1. The molecule has 0 aromatic carbocycles. The number of nitrogens with zero attached hydrogens (tertiary/aromatic N) is 2. The number of hydrogen-bond acceptors (Lipinski definition) is 5. The zero-order valence-electron chi connectivity index (χ0n) is 10.5. The highest BCUT2D eigenvalue weighted by Gasteiger charge is 2.36. The van der Waals surface area contributed by atoms with E-state index in [1.165, 1.54) is 0 Å². The highest BCUT2D eigenvalue weighted by Crippen LogP contribution is 2.24. The van der Waals surface area contributed by atoms with Gasteiger partial charge in [-0.15, -0.1) is 11.3 Å². The van der Waals surface area contributed by atoms with Crippen molar-refractivity contribution in [3.05, 3.63) is 16.1 Å². The molecular formula is C12H18N2O3S. The van der Waals surface area contributed by atoms with Crippen molar-refractivity contribution in [3.63, 3.8) is 0 Å². The standard InChI is InChI=1S/C12H18N2O3S/c1-7-13-8(6-18-7)3-9-4-11(15)10(12(16)17)5-14(9)2/h6,9-11,15H,3-5H2,1-2H3,(H,16,17). The maximum atomic E-state index is 11.0. The van der Waals surface area contributed by atoms with Gasteiger partial charge in [-0.25, -0.2) is 4.98 Å². The molecule has 3 unspecified atom stereocenters. The van der Waals surface area contributed by atoms with E-state index in [1.54, 1.807) is 11.3 Å². The van der Waals surface area contributed by atoms with Crippen LogP contribution in [0.15, 0.2) is 5.38 Å². The van der Waals surface area contributed by atoms with Crippen LogP contribution in [0.5, 0.6) is 0 Å². The number of aliphatic hydroxyl groups excluding tert-OH is 1. The fourth-order valence-corrected chi connectivity index (χ4v) is 3.05. The molecule has 5 nitrogen and oxygen atoms in total. The lowest BCUT2D eigenvalue weighted by molar-refractivity contribution is -0.149. The van der Waals surface area contributed by atoms with E-state index < -0.39 is 18.0 Å². The van der Waals surface area contributed by atoms with Crippen LogP contribution in [0.3, 0.4) is 0 Å². The van der Waals surface area contributed by atoms with Gasteiger partial charge in [0.25, 0.3) is 0 Å². The number of aliphatic carboxylic acids is 1. The number of likely N-dealkylation sites (N-methyl/N-ethyl adjacent to an activating group) is 1. The van der Waals surface area contributed by atoms with E-state index in [0.29, 0.717) is 13.0 Å². The summed E-state index contributed by atoms with van der Waals surface area (Å²) in [5.41, 5.74) is 1.02. The molecule has 18 heavy (non-hydrogen) atoms. The van der Waals surface area contributed by atoms with Crippen molar-refractivity contribution in [1.29, 1.82) is 0 Å². The van der Waals surface area contributed by atoms with Gasteiger partial charge in [0, 0.05) is 24.4 Å². The Bertz CT molecular complexity index is 435. The summed E-state index contributed by atoms with van der Waals surface area (Å²) in [6.45, 7) is 2.36. The molecule has 0 radical (unpaired) electrons. The van der Waals surface area contributed by atoms with Gasteiger partial charge in [-0.05, 0) is 20.4 Å². The van der Waals surface area contributed by atoms with Gasteiger partial charge in [0.15, 0.2) is 0 Å². The zero-order chi connectivity index (χ0) is 13.3. The Hall–Kier alpha value is -0.980. The quantitative estimate of drug-likeness (QED) is 0.848. The molecule has 6 heteroatoms. The fourth-order valence-electron chi connectivity index (χ4n) is 2.43. The average Bonchev–Trinajstić information content (AvgIpc) is 2.68. The topological polar surface area (TPSA) is 73.7 Å². The van der Waals surface area contributed by atoms with E-state index in [2.05, 4.69) is 4.98 Å². The first-order chi connectivity index (χ1) is 8.47. The van der Waals surface area contributed by atoms with Gasteiger partial charge in [-0.1, -0.05) is 0 Å². The van der Waals surface area contributed by atoms with Crippen LogP contribution < -0.4 is 0 Å². The Kier molecular flexibility index (Phi) is 3.99. The molecule has 100 valence electrons. The number of carboxylic acid groups (broad SMARTS) is 1. The second kappa shape index (κ2) is 5.34. The van der Waals surface area contributed by atoms with Crippen LogP contribution in [0.4, 0.5) is 0 Å². The minimum Gasteiger partial charge on any atom is -0.481 e. The molecule has 1 aromatic heterocycles. The molecule has 3 atom stereocenters. The normalized spacial score (nSPS) is 29.4. The van der Waals surface area contributed by atoms with Gasteiger partial charge in [0.05, 0.1) is 22.7 Å². The van der Waals surface area contributed by atoms with Crippen molar-refractivity contribution in [2.75, 3.05) is 13.6 Å². The van der Waals surface area contributed by atoms with Gasteiger partial charge < -0.3 is 15.1 Å². The van der Waals surface area contributed by atoms with Crippen LogP contribution in [0.25, 0.3) is 0 Å². The Morgan fingerprint density at radius 3 is 2.94 bits per heavy atom. The predicted molar refractivity (Wildman–Crippen MR) is 68.7 cm³/mol. The van der Waals surface area contributed by atoms with Gasteiger partial charge in [-0.3, -0.25) is 4.79 Å². The molecule has 0 bridgehead atoms. The molecule has 2 rings (SSSR count). The highest BCUT2D eigenvalue weighted by molar-refractivity contribution is 7.09. The van der Waals surface area contributed by atoms with Crippen molar-refractivity contribution >= 4 is 17.3 Å². The van der Waals surface area contributed by atoms with E-state index in [1.807, 2.05) is 24.3 Å². The van der Waals surface area contributed by atoms with E-state index >= 15 is 0 Å². The average molecular weight is 270 g/mol. The molecule has 0 amide bonds. The van der Waals surface area contributed by atoms with E-state index in [4.69, 9.17) is 5.11 Å². The molecule has 2 N–H and O–H groups in total. The van der Waals surface area contributed by atoms with Crippen LogP contribution in [0, 0.1) is 12.8 Å². The van der Waals surface area contributed by atoms with E-state index in [0.717, 1.165) is 17.1 Å². The summed E-state index contributed by atoms with van der Waals surface area (Å²) >= 11 is 1.61. The van der Waals surface area contributed by atoms with Crippen molar-refractivity contribution in [2.24, 2.45) is 5.92 Å². The van der Waals surface area contributed by atoms with E-state index in [-0.39, 0.29) is 6.04 Å². The van der Waals surface area contributed by atoms with Crippen LogP contribution >= 0.6 is 11.3 Å². The minimum atomic E-state index is -0.919. The molecule has 1 fully saturated rings. The highest BCUT2D eigenvalue weighted by atomic mass is 32.1. The summed E-state index contributed by atoms with van der Waals surface area (Å²) in [6, 6.07) is 0.164. The van der Waals surface area contributed by atoms with Gasteiger partial charge in [-0.2, -0.15) is 0 Å². The molecule has 1 aliphatic rings. The summed E-state index contributed by atoms with van der Waals surface area (Å²) < 4.78 is 0. The van der Waals surface area contributed by atoms with Gasteiger partial charge in [0.1, 0.15) is 0 Å². The van der Waals surface area contributed by atoms with Crippen LogP contribution in [0.2, 0.25) is 0 Å². The largest absolute Gasteiger partial charge is 0.481 e. The van der Waals surface area contributed by atoms with Crippen molar-refractivity contribution < 1.29 is 15.0 Å². The second-order valence-electron chi connectivity index (χ2n) is 4.90. The lowest BCUT2D eigenvalue weighted by atomic mass is 9.88. The lowest BCUT2D eigenvalue weighted by Gasteiger charge is -2.38. The van der Waals surface area contributed by atoms with E-state index in [9.17, 15) is 9.90 Å². The third kappa shape index (κ3) is 2.88. The third-order valence-corrected chi connectivity index (χ3v) is 4.34. The third-order valence-electron chi connectivity index (χ3n) is 3.51. The molecule has 1 aliphatic heterocycles. The molecule has 0 aliphatic carbocycles. The summed E-state index contributed by atoms with van der Waals surface area (Å²) in [7, 11) is 1.91. The fraction of sp³-hybridized carbons (Fsp3) is 0.667.